The third kappa shape index (κ3) is 4.58. The fraction of sp³-hybridized carbons (Fsp3) is 0.273. The van der Waals surface area contributed by atoms with Crippen LogP contribution in [0.1, 0.15) is 22.4 Å². The molecular formula is C22H22N4O3S. The van der Waals surface area contributed by atoms with E-state index in [0.717, 1.165) is 10.4 Å². The zero-order valence-corrected chi connectivity index (χ0v) is 17.9. The van der Waals surface area contributed by atoms with Gasteiger partial charge in [0.2, 0.25) is 11.8 Å². The first kappa shape index (κ1) is 21.3. The smallest absolute Gasteiger partial charge is 0.262 e. The molecule has 0 spiro atoms. The summed E-state index contributed by atoms with van der Waals surface area (Å²) >= 11 is 1.49. The van der Waals surface area contributed by atoms with Gasteiger partial charge in [-0.3, -0.25) is 19.0 Å². The topological polar surface area (TPSA) is 84.3 Å². The zero-order chi connectivity index (χ0) is 21.8. The number of aryl methyl sites for hydroxylation is 3. The number of carbonyl (C=O) groups excluding carboxylic acids is 2. The molecule has 2 amide bonds. The first-order valence-corrected chi connectivity index (χ1v) is 10.2. The summed E-state index contributed by atoms with van der Waals surface area (Å²) in [7, 11) is 1.55. The summed E-state index contributed by atoms with van der Waals surface area (Å²) < 4.78 is 1.44. The lowest BCUT2D eigenvalue weighted by Crippen LogP contribution is -2.35. The van der Waals surface area contributed by atoms with Crippen LogP contribution in [0.5, 0.6) is 0 Å². The van der Waals surface area contributed by atoms with Gasteiger partial charge in [0.05, 0.1) is 18.3 Å². The summed E-state index contributed by atoms with van der Waals surface area (Å²) in [4.78, 5) is 44.8. The Hall–Kier alpha value is -3.44. The van der Waals surface area contributed by atoms with Gasteiger partial charge in [-0.1, -0.05) is 12.0 Å². The highest BCUT2D eigenvalue weighted by molar-refractivity contribution is 7.18. The monoisotopic (exact) mass is 422 g/mol. The van der Waals surface area contributed by atoms with Crippen LogP contribution in [0.15, 0.2) is 35.4 Å². The van der Waals surface area contributed by atoms with E-state index in [1.54, 1.807) is 31.3 Å². The molecule has 7 nitrogen and oxygen atoms in total. The fourth-order valence-corrected chi connectivity index (χ4v) is 4.01. The van der Waals surface area contributed by atoms with Crippen molar-refractivity contribution in [1.29, 1.82) is 0 Å². The molecule has 1 N–H and O–H groups in total. The second kappa shape index (κ2) is 8.93. The number of rotatable bonds is 6. The molecule has 0 aliphatic heterocycles. The number of carbonyl (C=O) groups is 2. The van der Waals surface area contributed by atoms with Gasteiger partial charge in [-0.25, -0.2) is 4.98 Å². The zero-order valence-electron chi connectivity index (χ0n) is 17.1. The maximum Gasteiger partial charge on any atom is 0.262 e. The number of amides is 2. The highest BCUT2D eigenvalue weighted by Crippen LogP contribution is 2.25. The SMILES string of the molecule is C#Cc1cccc(NC(=O)CN(C)C(=O)CCn2cnc3sc(C)c(C)c3c2=O)c1. The lowest BCUT2D eigenvalue weighted by Gasteiger charge is -2.17. The van der Waals surface area contributed by atoms with Crippen molar-refractivity contribution in [2.75, 3.05) is 18.9 Å². The molecule has 30 heavy (non-hydrogen) atoms. The lowest BCUT2D eigenvalue weighted by atomic mass is 10.2. The summed E-state index contributed by atoms with van der Waals surface area (Å²) in [6.07, 6.45) is 6.92. The van der Waals surface area contributed by atoms with E-state index < -0.39 is 0 Å². The summed E-state index contributed by atoms with van der Waals surface area (Å²) in [5.41, 5.74) is 2.01. The van der Waals surface area contributed by atoms with E-state index in [-0.39, 0.29) is 36.9 Å². The van der Waals surface area contributed by atoms with Crippen molar-refractivity contribution in [2.24, 2.45) is 0 Å². The molecule has 2 aromatic heterocycles. The Morgan fingerprint density at radius 1 is 1.33 bits per heavy atom. The summed E-state index contributed by atoms with van der Waals surface area (Å²) in [5.74, 6) is 1.93. The number of hydrogen-bond donors (Lipinski definition) is 1. The Bertz CT molecular complexity index is 1220. The second-order valence-electron chi connectivity index (χ2n) is 6.98. The van der Waals surface area contributed by atoms with Crippen molar-refractivity contribution >= 4 is 39.1 Å². The first-order chi connectivity index (χ1) is 14.3. The van der Waals surface area contributed by atoms with Crippen molar-refractivity contribution in [1.82, 2.24) is 14.5 Å². The predicted molar refractivity (Wildman–Crippen MR) is 119 cm³/mol. The van der Waals surface area contributed by atoms with Crippen LogP contribution >= 0.6 is 11.3 Å². The third-order valence-electron chi connectivity index (χ3n) is 4.84. The Morgan fingerprint density at radius 2 is 2.10 bits per heavy atom. The lowest BCUT2D eigenvalue weighted by molar-refractivity contribution is -0.133. The normalized spacial score (nSPS) is 10.6. The third-order valence-corrected chi connectivity index (χ3v) is 5.96. The number of hydrogen-bond acceptors (Lipinski definition) is 5. The van der Waals surface area contributed by atoms with Gasteiger partial charge in [0, 0.05) is 36.1 Å². The van der Waals surface area contributed by atoms with Crippen LogP contribution in [0.25, 0.3) is 10.2 Å². The number of nitrogens with zero attached hydrogens (tertiary/aromatic N) is 3. The maximum absolute atomic E-state index is 12.7. The van der Waals surface area contributed by atoms with E-state index in [0.29, 0.717) is 21.5 Å². The van der Waals surface area contributed by atoms with E-state index in [1.165, 1.54) is 27.1 Å². The predicted octanol–water partition coefficient (Wildman–Crippen LogP) is 2.54. The van der Waals surface area contributed by atoms with Crippen LogP contribution in [0.2, 0.25) is 0 Å². The Morgan fingerprint density at radius 3 is 2.83 bits per heavy atom. The van der Waals surface area contributed by atoms with Gasteiger partial charge in [0.1, 0.15) is 4.83 Å². The first-order valence-electron chi connectivity index (χ1n) is 9.35. The molecule has 3 rings (SSSR count). The molecule has 8 heteroatoms. The number of fused-ring (bicyclic) bond motifs is 1. The van der Waals surface area contributed by atoms with Crippen LogP contribution in [0.3, 0.4) is 0 Å². The van der Waals surface area contributed by atoms with Crippen LogP contribution in [-0.4, -0.2) is 39.9 Å². The minimum atomic E-state index is -0.329. The molecule has 0 fully saturated rings. The standard InChI is InChI=1S/C22H22N4O3S/c1-5-16-7-6-8-17(11-16)24-18(27)12-25(4)19(28)9-10-26-13-23-21-20(22(26)29)14(2)15(3)30-21/h1,6-8,11,13H,9-10,12H2,2-4H3,(H,24,27). The van der Waals surface area contributed by atoms with Crippen LogP contribution < -0.4 is 10.9 Å². The largest absolute Gasteiger partial charge is 0.336 e. The minimum Gasteiger partial charge on any atom is -0.336 e. The number of thiophene rings is 1. The van der Waals surface area contributed by atoms with E-state index in [2.05, 4.69) is 16.2 Å². The van der Waals surface area contributed by atoms with Gasteiger partial charge in [0.25, 0.3) is 5.56 Å². The average Bonchev–Trinajstić information content (AvgIpc) is 3.01. The molecular weight excluding hydrogens is 400 g/mol. The number of aromatic nitrogens is 2. The summed E-state index contributed by atoms with van der Waals surface area (Å²) in [6, 6.07) is 6.92. The number of nitrogens with one attached hydrogen (secondary N) is 1. The van der Waals surface area contributed by atoms with Crippen molar-refractivity contribution in [3.8, 4) is 12.3 Å². The number of anilines is 1. The molecule has 0 aliphatic rings. The van der Waals surface area contributed by atoms with Gasteiger partial charge in [-0.05, 0) is 37.6 Å². The molecule has 0 bridgehead atoms. The Kier molecular flexibility index (Phi) is 6.33. The number of benzene rings is 1. The molecule has 0 saturated carbocycles. The highest BCUT2D eigenvalue weighted by atomic mass is 32.1. The van der Waals surface area contributed by atoms with E-state index >= 15 is 0 Å². The average molecular weight is 423 g/mol. The molecule has 1 aromatic carbocycles. The van der Waals surface area contributed by atoms with Crippen molar-refractivity contribution in [2.45, 2.75) is 26.8 Å². The molecule has 0 radical (unpaired) electrons. The molecule has 154 valence electrons. The molecule has 2 heterocycles. The van der Waals surface area contributed by atoms with E-state index in [9.17, 15) is 14.4 Å². The van der Waals surface area contributed by atoms with Crippen molar-refractivity contribution < 1.29 is 9.59 Å². The van der Waals surface area contributed by atoms with Crippen molar-refractivity contribution in [3.63, 3.8) is 0 Å². The van der Waals surface area contributed by atoms with E-state index in [4.69, 9.17) is 6.42 Å². The van der Waals surface area contributed by atoms with Crippen LogP contribution in [0, 0.1) is 26.2 Å². The second-order valence-corrected chi connectivity index (χ2v) is 8.18. The van der Waals surface area contributed by atoms with Crippen LogP contribution in [-0.2, 0) is 16.1 Å². The molecule has 0 saturated heterocycles. The van der Waals surface area contributed by atoms with Gasteiger partial charge in [-0.15, -0.1) is 17.8 Å². The fourth-order valence-electron chi connectivity index (χ4n) is 3.03. The van der Waals surface area contributed by atoms with Crippen LogP contribution in [0.4, 0.5) is 5.69 Å². The van der Waals surface area contributed by atoms with Gasteiger partial charge in [-0.2, -0.15) is 0 Å². The number of likely N-dealkylation sites (N-methyl/N-ethyl adjacent to an activating group) is 1. The highest BCUT2D eigenvalue weighted by Gasteiger charge is 2.16. The van der Waals surface area contributed by atoms with E-state index in [1.807, 2.05) is 13.8 Å². The molecule has 3 aromatic rings. The Balaban J connectivity index is 1.59. The minimum absolute atomic E-state index is 0.0889. The van der Waals surface area contributed by atoms with Gasteiger partial charge >= 0.3 is 0 Å². The number of terminal acetylenes is 1. The molecule has 0 unspecified atom stereocenters. The summed E-state index contributed by atoms with van der Waals surface area (Å²) in [5, 5.41) is 3.33. The van der Waals surface area contributed by atoms with Gasteiger partial charge < -0.3 is 10.2 Å². The quantitative estimate of drug-likeness (QED) is 0.619. The van der Waals surface area contributed by atoms with Crippen molar-refractivity contribution in [3.05, 3.63) is 57.0 Å². The van der Waals surface area contributed by atoms with Gasteiger partial charge in [0.15, 0.2) is 0 Å². The molecule has 0 atom stereocenters. The maximum atomic E-state index is 12.7. The molecule has 0 aliphatic carbocycles. The Labute approximate surface area is 178 Å². The summed E-state index contributed by atoms with van der Waals surface area (Å²) in [6.45, 7) is 3.95.